The van der Waals surface area contributed by atoms with Crippen molar-refractivity contribution in [2.24, 2.45) is 0 Å². The number of hydrogen-bond donors (Lipinski definition) is 0. The van der Waals surface area contributed by atoms with Crippen LogP contribution in [-0.2, 0) is 17.6 Å². The minimum Gasteiger partial charge on any atom is -0.361 e. The molecule has 7 heteroatoms. The van der Waals surface area contributed by atoms with Gasteiger partial charge in [0.25, 0.3) is 0 Å². The van der Waals surface area contributed by atoms with E-state index in [9.17, 15) is 4.79 Å². The van der Waals surface area contributed by atoms with Crippen molar-refractivity contribution in [2.45, 2.75) is 47.0 Å². The molecule has 0 aliphatic carbocycles. The smallest absolute Gasteiger partial charge is 0.227 e. The Morgan fingerprint density at radius 1 is 1.15 bits per heavy atom. The van der Waals surface area contributed by atoms with Gasteiger partial charge in [0.05, 0.1) is 12.1 Å². The van der Waals surface area contributed by atoms with Crippen LogP contribution in [0.15, 0.2) is 10.6 Å². The standard InChI is InChI=1S/C19H27N5O2/c1-5-16-11-18(21-15(4)20-16)23-7-6-8-24(10-9-23)19(25)12-17-13(2)22-26-14(17)3/h11H,5-10,12H2,1-4H3. The highest BCUT2D eigenvalue weighted by Gasteiger charge is 2.22. The van der Waals surface area contributed by atoms with Crippen LogP contribution in [0.1, 0.15) is 41.9 Å². The van der Waals surface area contributed by atoms with E-state index in [4.69, 9.17) is 4.52 Å². The summed E-state index contributed by atoms with van der Waals surface area (Å²) in [5.41, 5.74) is 2.77. The van der Waals surface area contributed by atoms with Gasteiger partial charge in [0, 0.05) is 43.5 Å². The van der Waals surface area contributed by atoms with Gasteiger partial charge in [0.1, 0.15) is 17.4 Å². The van der Waals surface area contributed by atoms with Crippen molar-refractivity contribution >= 4 is 11.7 Å². The fraction of sp³-hybridized carbons (Fsp3) is 0.579. The Bertz CT molecular complexity index is 767. The number of rotatable bonds is 4. The Hall–Kier alpha value is -2.44. The predicted octanol–water partition coefficient (Wildman–Crippen LogP) is 2.23. The zero-order valence-corrected chi connectivity index (χ0v) is 16.1. The lowest BCUT2D eigenvalue weighted by molar-refractivity contribution is -0.130. The van der Waals surface area contributed by atoms with Gasteiger partial charge >= 0.3 is 0 Å². The van der Waals surface area contributed by atoms with Gasteiger partial charge in [-0.3, -0.25) is 4.79 Å². The third-order valence-electron chi connectivity index (χ3n) is 4.92. The Labute approximate surface area is 154 Å². The third kappa shape index (κ3) is 4.03. The normalized spacial score (nSPS) is 15.2. The molecule has 0 radical (unpaired) electrons. The number of carbonyl (C=O) groups excluding carboxylic acids is 1. The number of hydrogen-bond acceptors (Lipinski definition) is 6. The molecular weight excluding hydrogens is 330 g/mol. The van der Waals surface area contributed by atoms with Crippen molar-refractivity contribution in [1.29, 1.82) is 0 Å². The molecule has 26 heavy (non-hydrogen) atoms. The second-order valence-corrected chi connectivity index (χ2v) is 6.82. The third-order valence-corrected chi connectivity index (χ3v) is 4.92. The molecule has 1 saturated heterocycles. The van der Waals surface area contributed by atoms with Gasteiger partial charge in [-0.05, 0) is 33.6 Å². The minimum atomic E-state index is 0.134. The van der Waals surface area contributed by atoms with Crippen molar-refractivity contribution in [1.82, 2.24) is 20.0 Å². The lowest BCUT2D eigenvalue weighted by Crippen LogP contribution is -2.36. The first-order chi connectivity index (χ1) is 12.5. The maximum atomic E-state index is 12.7. The van der Waals surface area contributed by atoms with Gasteiger partial charge in [-0.1, -0.05) is 12.1 Å². The zero-order chi connectivity index (χ0) is 18.7. The van der Waals surface area contributed by atoms with E-state index in [0.717, 1.165) is 66.8 Å². The Kier molecular flexibility index (Phi) is 5.54. The average Bonchev–Trinajstić information content (AvgIpc) is 2.82. The van der Waals surface area contributed by atoms with Gasteiger partial charge in [0.2, 0.25) is 5.91 Å². The molecule has 0 N–H and O–H groups in total. The lowest BCUT2D eigenvalue weighted by atomic mass is 10.1. The van der Waals surface area contributed by atoms with Crippen LogP contribution < -0.4 is 4.90 Å². The molecule has 0 unspecified atom stereocenters. The van der Waals surface area contributed by atoms with Crippen LogP contribution in [0.25, 0.3) is 0 Å². The van der Waals surface area contributed by atoms with Gasteiger partial charge in [-0.25, -0.2) is 9.97 Å². The first-order valence-corrected chi connectivity index (χ1v) is 9.27. The number of anilines is 1. The fourth-order valence-electron chi connectivity index (χ4n) is 3.37. The lowest BCUT2D eigenvalue weighted by Gasteiger charge is -2.23. The molecule has 1 aliphatic rings. The fourth-order valence-corrected chi connectivity index (χ4v) is 3.37. The van der Waals surface area contributed by atoms with E-state index in [2.05, 4.69) is 33.0 Å². The number of aromatic nitrogens is 3. The van der Waals surface area contributed by atoms with E-state index in [0.29, 0.717) is 13.0 Å². The van der Waals surface area contributed by atoms with E-state index in [1.54, 1.807) is 0 Å². The van der Waals surface area contributed by atoms with Gasteiger partial charge in [-0.15, -0.1) is 0 Å². The molecule has 1 aliphatic heterocycles. The van der Waals surface area contributed by atoms with E-state index < -0.39 is 0 Å². The highest BCUT2D eigenvalue weighted by Crippen LogP contribution is 2.18. The number of amides is 1. The summed E-state index contributed by atoms with van der Waals surface area (Å²) in [6.45, 7) is 10.9. The molecule has 2 aromatic rings. The Balaban J connectivity index is 1.66. The average molecular weight is 357 g/mol. The summed E-state index contributed by atoms with van der Waals surface area (Å²) in [6, 6.07) is 2.06. The van der Waals surface area contributed by atoms with Gasteiger partial charge < -0.3 is 14.3 Å². The summed E-state index contributed by atoms with van der Waals surface area (Å²) >= 11 is 0. The second-order valence-electron chi connectivity index (χ2n) is 6.82. The summed E-state index contributed by atoms with van der Waals surface area (Å²) in [5.74, 6) is 2.63. The van der Waals surface area contributed by atoms with Crippen molar-refractivity contribution in [3.05, 3.63) is 34.6 Å². The summed E-state index contributed by atoms with van der Waals surface area (Å²) in [7, 11) is 0. The van der Waals surface area contributed by atoms with E-state index in [1.165, 1.54) is 0 Å². The highest BCUT2D eigenvalue weighted by atomic mass is 16.5. The predicted molar refractivity (Wildman–Crippen MR) is 99.2 cm³/mol. The van der Waals surface area contributed by atoms with Crippen LogP contribution in [0.2, 0.25) is 0 Å². The summed E-state index contributed by atoms with van der Waals surface area (Å²) in [4.78, 5) is 26.0. The second kappa shape index (κ2) is 7.85. The molecule has 2 aromatic heterocycles. The van der Waals surface area contributed by atoms with Gasteiger partial charge in [-0.2, -0.15) is 0 Å². The SMILES string of the molecule is CCc1cc(N2CCCN(C(=O)Cc3c(C)noc3C)CC2)nc(C)n1. The molecule has 7 nitrogen and oxygen atoms in total. The maximum absolute atomic E-state index is 12.7. The van der Waals surface area contributed by atoms with Gasteiger partial charge in [0.15, 0.2) is 0 Å². The molecule has 1 amide bonds. The maximum Gasteiger partial charge on any atom is 0.227 e. The molecular formula is C19H27N5O2. The monoisotopic (exact) mass is 357 g/mol. The summed E-state index contributed by atoms with van der Waals surface area (Å²) in [5, 5.41) is 3.94. The highest BCUT2D eigenvalue weighted by molar-refractivity contribution is 5.79. The molecule has 0 aromatic carbocycles. The zero-order valence-electron chi connectivity index (χ0n) is 16.1. The van der Waals surface area contributed by atoms with Crippen LogP contribution in [0.5, 0.6) is 0 Å². The largest absolute Gasteiger partial charge is 0.361 e. The minimum absolute atomic E-state index is 0.134. The van der Waals surface area contributed by atoms with E-state index in [-0.39, 0.29) is 5.91 Å². The topological polar surface area (TPSA) is 75.4 Å². The van der Waals surface area contributed by atoms with E-state index >= 15 is 0 Å². The Morgan fingerprint density at radius 2 is 1.96 bits per heavy atom. The molecule has 1 fully saturated rings. The first kappa shape index (κ1) is 18.4. The number of aryl methyl sites for hydroxylation is 4. The van der Waals surface area contributed by atoms with Crippen LogP contribution >= 0.6 is 0 Å². The van der Waals surface area contributed by atoms with Crippen LogP contribution in [-0.4, -0.2) is 52.1 Å². The molecule has 3 rings (SSSR count). The molecule has 0 saturated carbocycles. The van der Waals surface area contributed by atoms with Crippen molar-refractivity contribution < 1.29 is 9.32 Å². The van der Waals surface area contributed by atoms with E-state index in [1.807, 2.05) is 25.7 Å². The van der Waals surface area contributed by atoms with Crippen LogP contribution in [0.3, 0.4) is 0 Å². The molecule has 3 heterocycles. The molecule has 0 atom stereocenters. The molecule has 0 spiro atoms. The van der Waals surface area contributed by atoms with Crippen molar-refractivity contribution in [2.75, 3.05) is 31.1 Å². The number of nitrogens with zero attached hydrogens (tertiary/aromatic N) is 5. The molecule has 140 valence electrons. The summed E-state index contributed by atoms with van der Waals surface area (Å²) in [6.07, 6.45) is 2.18. The Morgan fingerprint density at radius 3 is 2.65 bits per heavy atom. The van der Waals surface area contributed by atoms with Crippen molar-refractivity contribution in [3.8, 4) is 0 Å². The number of carbonyl (C=O) groups is 1. The summed E-state index contributed by atoms with van der Waals surface area (Å²) < 4.78 is 5.17. The first-order valence-electron chi connectivity index (χ1n) is 9.27. The van der Waals surface area contributed by atoms with Crippen molar-refractivity contribution in [3.63, 3.8) is 0 Å². The quantitative estimate of drug-likeness (QED) is 0.835. The van der Waals surface area contributed by atoms with Crippen LogP contribution in [0, 0.1) is 20.8 Å². The van der Waals surface area contributed by atoms with Crippen LogP contribution in [0.4, 0.5) is 5.82 Å². The molecule has 0 bridgehead atoms.